The topological polar surface area (TPSA) is 137 Å². The molecule has 2 heterocycles. The molecule has 2 rings (SSSR count). The molecule has 9 nitrogen and oxygen atoms in total. The van der Waals surface area contributed by atoms with Crippen LogP contribution in [0.2, 0.25) is 0 Å². The van der Waals surface area contributed by atoms with Crippen molar-refractivity contribution >= 4 is 0 Å². The molecule has 1 aliphatic heterocycles. The molecule has 1 aliphatic rings. The molecule has 118 valence electrons. The van der Waals surface area contributed by atoms with Crippen molar-refractivity contribution in [3.63, 3.8) is 0 Å². The van der Waals surface area contributed by atoms with E-state index in [9.17, 15) is 24.9 Å². The van der Waals surface area contributed by atoms with Gasteiger partial charge in [-0.3, -0.25) is 19.7 Å². The molecule has 5 N–H and O–H groups in total. The first-order chi connectivity index (χ1) is 9.87. The Morgan fingerprint density at radius 2 is 2.19 bits per heavy atom. The highest BCUT2D eigenvalue weighted by atomic mass is 16.6. The fourth-order valence-corrected chi connectivity index (χ4v) is 2.61. The van der Waals surface area contributed by atoms with E-state index in [0.29, 0.717) is 0 Å². The van der Waals surface area contributed by atoms with Crippen molar-refractivity contribution in [2.24, 2.45) is 0 Å². The summed E-state index contributed by atoms with van der Waals surface area (Å²) in [4.78, 5) is 25.2. The Bertz CT molecular complexity index is 614. The second kappa shape index (κ2) is 5.70. The van der Waals surface area contributed by atoms with Crippen LogP contribution in [0.4, 0.5) is 0 Å². The zero-order valence-electron chi connectivity index (χ0n) is 11.7. The van der Waals surface area contributed by atoms with E-state index in [2.05, 4.69) is 10.3 Å². The Balaban J connectivity index is 2.51. The molecule has 1 aromatic heterocycles. The number of likely N-dealkylation sites (N-methyl/N-ethyl adjacent to an activating group) is 1. The molecule has 1 saturated heterocycles. The monoisotopic (exact) mass is 301 g/mol. The second-order valence-electron chi connectivity index (χ2n) is 4.93. The average molecular weight is 301 g/mol. The third-order valence-electron chi connectivity index (χ3n) is 3.81. The SMILES string of the molecule is CC[C@@]1(n2ccc(=O)[nH]c2=O)O[C@H](C(O)NC)[C@@H](O)[C@H]1O. The van der Waals surface area contributed by atoms with Gasteiger partial charge in [-0.05, 0) is 13.5 Å². The minimum absolute atomic E-state index is 0.143. The van der Waals surface area contributed by atoms with E-state index < -0.39 is 41.5 Å². The fourth-order valence-electron chi connectivity index (χ4n) is 2.61. The maximum Gasteiger partial charge on any atom is 0.330 e. The predicted molar refractivity (Wildman–Crippen MR) is 71.5 cm³/mol. The van der Waals surface area contributed by atoms with Crippen LogP contribution in [0.25, 0.3) is 0 Å². The maximum absolute atomic E-state index is 11.9. The van der Waals surface area contributed by atoms with E-state index in [1.54, 1.807) is 6.92 Å². The normalized spacial score (nSPS) is 34.0. The van der Waals surface area contributed by atoms with Crippen LogP contribution in [0.1, 0.15) is 13.3 Å². The summed E-state index contributed by atoms with van der Waals surface area (Å²) >= 11 is 0. The van der Waals surface area contributed by atoms with Crippen molar-refractivity contribution < 1.29 is 20.1 Å². The van der Waals surface area contributed by atoms with Crippen molar-refractivity contribution in [2.45, 2.75) is 43.6 Å². The number of aromatic amines is 1. The Kier molecular flexibility index (Phi) is 4.30. The molecule has 5 atom stereocenters. The van der Waals surface area contributed by atoms with E-state index in [4.69, 9.17) is 4.74 Å². The molecule has 0 amide bonds. The summed E-state index contributed by atoms with van der Waals surface area (Å²) in [5.41, 5.74) is -2.92. The van der Waals surface area contributed by atoms with Gasteiger partial charge in [-0.1, -0.05) is 6.92 Å². The molecule has 0 saturated carbocycles. The number of ether oxygens (including phenoxy) is 1. The number of rotatable bonds is 4. The number of aliphatic hydroxyl groups is 3. The quantitative estimate of drug-likeness (QED) is 0.380. The predicted octanol–water partition coefficient (Wildman–Crippen LogP) is -2.74. The molecule has 0 spiro atoms. The highest BCUT2D eigenvalue weighted by molar-refractivity contribution is 5.02. The van der Waals surface area contributed by atoms with Gasteiger partial charge in [-0.2, -0.15) is 0 Å². The van der Waals surface area contributed by atoms with Crippen molar-refractivity contribution in [1.82, 2.24) is 14.9 Å². The number of aliphatic hydroxyl groups excluding tert-OH is 3. The number of aromatic nitrogens is 2. The molecular formula is C12H19N3O6. The summed E-state index contributed by atoms with van der Waals surface area (Å²) in [6.45, 7) is 1.65. The van der Waals surface area contributed by atoms with Crippen LogP contribution in [0.15, 0.2) is 21.9 Å². The van der Waals surface area contributed by atoms with Gasteiger partial charge >= 0.3 is 5.69 Å². The van der Waals surface area contributed by atoms with Crippen molar-refractivity contribution in [2.75, 3.05) is 7.05 Å². The van der Waals surface area contributed by atoms with Crippen molar-refractivity contribution in [1.29, 1.82) is 0 Å². The van der Waals surface area contributed by atoms with Gasteiger partial charge in [-0.25, -0.2) is 4.79 Å². The van der Waals surface area contributed by atoms with Crippen LogP contribution in [-0.4, -0.2) is 56.5 Å². The smallest absolute Gasteiger partial charge is 0.330 e. The van der Waals surface area contributed by atoms with E-state index >= 15 is 0 Å². The molecule has 21 heavy (non-hydrogen) atoms. The molecule has 1 fully saturated rings. The average Bonchev–Trinajstić information content (AvgIpc) is 2.72. The lowest BCUT2D eigenvalue weighted by atomic mass is 9.99. The molecule has 1 aromatic rings. The summed E-state index contributed by atoms with van der Waals surface area (Å²) in [7, 11) is 1.46. The van der Waals surface area contributed by atoms with Crippen LogP contribution in [0.5, 0.6) is 0 Å². The maximum atomic E-state index is 11.9. The lowest BCUT2D eigenvalue weighted by Gasteiger charge is -2.32. The number of hydrogen-bond donors (Lipinski definition) is 5. The highest BCUT2D eigenvalue weighted by Gasteiger charge is 2.56. The van der Waals surface area contributed by atoms with Gasteiger partial charge in [0.15, 0.2) is 5.72 Å². The van der Waals surface area contributed by atoms with Gasteiger partial charge in [0.1, 0.15) is 24.5 Å². The number of nitrogens with one attached hydrogen (secondary N) is 2. The van der Waals surface area contributed by atoms with Crippen molar-refractivity contribution in [3.05, 3.63) is 33.1 Å². The number of hydrogen-bond acceptors (Lipinski definition) is 7. The van der Waals surface area contributed by atoms with Gasteiger partial charge < -0.3 is 20.1 Å². The number of H-pyrrole nitrogens is 1. The van der Waals surface area contributed by atoms with E-state index in [-0.39, 0.29) is 6.42 Å². The Morgan fingerprint density at radius 1 is 1.52 bits per heavy atom. The molecule has 1 unspecified atom stereocenters. The Labute approximate surface area is 119 Å². The van der Waals surface area contributed by atoms with Crippen LogP contribution in [-0.2, 0) is 10.5 Å². The van der Waals surface area contributed by atoms with Crippen molar-refractivity contribution in [3.8, 4) is 0 Å². The lowest BCUT2D eigenvalue weighted by molar-refractivity contribution is -0.167. The van der Waals surface area contributed by atoms with Gasteiger partial charge in [0, 0.05) is 12.3 Å². The molecule has 9 heteroatoms. The molecule has 0 aromatic carbocycles. The fraction of sp³-hybridized carbons (Fsp3) is 0.667. The second-order valence-corrected chi connectivity index (χ2v) is 4.93. The van der Waals surface area contributed by atoms with Gasteiger partial charge in [-0.15, -0.1) is 0 Å². The molecule has 0 radical (unpaired) electrons. The zero-order valence-corrected chi connectivity index (χ0v) is 11.7. The van der Waals surface area contributed by atoms with Crippen LogP contribution < -0.4 is 16.6 Å². The Hall–Kier alpha value is -1.52. The summed E-state index contributed by atoms with van der Waals surface area (Å²) < 4.78 is 6.63. The van der Waals surface area contributed by atoms with Crippen LogP contribution in [0, 0.1) is 0 Å². The van der Waals surface area contributed by atoms with Crippen LogP contribution >= 0.6 is 0 Å². The minimum Gasteiger partial charge on any atom is -0.387 e. The first kappa shape index (κ1) is 15.9. The van der Waals surface area contributed by atoms with E-state index in [1.165, 1.54) is 13.2 Å². The minimum atomic E-state index is -1.57. The molecular weight excluding hydrogens is 282 g/mol. The third kappa shape index (κ3) is 2.43. The largest absolute Gasteiger partial charge is 0.387 e. The summed E-state index contributed by atoms with van der Waals surface area (Å²) in [5.74, 6) is 0. The highest BCUT2D eigenvalue weighted by Crippen LogP contribution is 2.38. The van der Waals surface area contributed by atoms with Gasteiger partial charge in [0.25, 0.3) is 5.56 Å². The van der Waals surface area contributed by atoms with Gasteiger partial charge in [0.05, 0.1) is 0 Å². The third-order valence-corrected chi connectivity index (χ3v) is 3.81. The summed E-state index contributed by atoms with van der Waals surface area (Å²) in [5, 5.41) is 32.7. The summed E-state index contributed by atoms with van der Waals surface area (Å²) in [6, 6.07) is 1.11. The van der Waals surface area contributed by atoms with Crippen LogP contribution in [0.3, 0.4) is 0 Å². The standard InChI is InChI=1S/C12H19N3O6/c1-3-12(15-5-4-6(16)14-11(15)20)9(18)7(17)8(21-12)10(19)13-2/h4-5,7-10,13,17-19H,3H2,1-2H3,(H,14,16,20)/t7-,8+,9-,10?,12-/m1/s1. The summed E-state index contributed by atoms with van der Waals surface area (Å²) in [6.07, 6.45) is -3.85. The molecule has 0 aliphatic carbocycles. The van der Waals surface area contributed by atoms with E-state index in [1.807, 2.05) is 0 Å². The Morgan fingerprint density at radius 3 is 2.71 bits per heavy atom. The number of nitrogens with zero attached hydrogens (tertiary/aromatic N) is 1. The van der Waals surface area contributed by atoms with Gasteiger partial charge in [0.2, 0.25) is 0 Å². The zero-order chi connectivity index (χ0) is 15.8. The molecule has 0 bridgehead atoms. The van der Waals surface area contributed by atoms with E-state index in [0.717, 1.165) is 10.6 Å². The first-order valence-electron chi connectivity index (χ1n) is 6.59. The first-order valence-corrected chi connectivity index (χ1v) is 6.59. The lowest BCUT2D eigenvalue weighted by Crippen LogP contribution is -2.51.